The molecule has 7 nitrogen and oxygen atoms in total. The number of nitro groups is 1. The van der Waals surface area contributed by atoms with Gasteiger partial charge in [-0.1, -0.05) is 12.1 Å². The van der Waals surface area contributed by atoms with E-state index in [4.69, 9.17) is 14.2 Å². The minimum atomic E-state index is -4.49. The molecule has 0 aromatic heterocycles. The quantitative estimate of drug-likeness (QED) is 0.318. The molecule has 10 heteroatoms. The van der Waals surface area contributed by atoms with Gasteiger partial charge in [0.2, 0.25) is 0 Å². The molecule has 0 saturated carbocycles. The number of carbonyl (C=O) groups excluding carboxylic acids is 1. The first kappa shape index (κ1) is 20.3. The summed E-state index contributed by atoms with van der Waals surface area (Å²) in [7, 11) is 0. The second-order valence-electron chi connectivity index (χ2n) is 6.03. The highest BCUT2D eigenvalue weighted by Crippen LogP contribution is 2.33. The van der Waals surface area contributed by atoms with Crippen LogP contribution in [0.25, 0.3) is 6.08 Å². The van der Waals surface area contributed by atoms with Gasteiger partial charge in [-0.2, -0.15) is 13.2 Å². The fraction of sp³-hybridized carbons (Fsp3) is 0.211. The number of nitrogens with zero attached hydrogens (tertiary/aromatic N) is 1. The van der Waals surface area contributed by atoms with Crippen LogP contribution in [-0.4, -0.2) is 17.7 Å². The van der Waals surface area contributed by atoms with Gasteiger partial charge in [0.15, 0.2) is 6.79 Å². The zero-order valence-electron chi connectivity index (χ0n) is 14.8. The molecule has 0 aliphatic carbocycles. The third-order valence-corrected chi connectivity index (χ3v) is 3.98. The van der Waals surface area contributed by atoms with Crippen molar-refractivity contribution in [2.24, 2.45) is 0 Å². The van der Waals surface area contributed by atoms with E-state index in [1.54, 1.807) is 0 Å². The Morgan fingerprint density at radius 3 is 2.79 bits per heavy atom. The molecule has 1 aliphatic heterocycles. The van der Waals surface area contributed by atoms with Crippen molar-refractivity contribution in [3.8, 4) is 5.75 Å². The smallest absolute Gasteiger partial charge is 0.416 e. The second-order valence-corrected chi connectivity index (χ2v) is 6.03. The Labute approximate surface area is 162 Å². The molecule has 2 aromatic carbocycles. The summed E-state index contributed by atoms with van der Waals surface area (Å²) in [5.41, 5.74) is -0.127. The molecule has 0 bridgehead atoms. The monoisotopic (exact) mass is 409 g/mol. The van der Waals surface area contributed by atoms with Crippen molar-refractivity contribution < 1.29 is 37.1 Å². The molecule has 3 rings (SSSR count). The van der Waals surface area contributed by atoms with E-state index in [1.807, 2.05) is 0 Å². The lowest BCUT2D eigenvalue weighted by Crippen LogP contribution is -2.14. The van der Waals surface area contributed by atoms with E-state index in [9.17, 15) is 28.1 Å². The summed E-state index contributed by atoms with van der Waals surface area (Å²) in [4.78, 5) is 22.4. The Hall–Kier alpha value is -3.40. The van der Waals surface area contributed by atoms with E-state index in [2.05, 4.69) is 0 Å². The first-order valence-corrected chi connectivity index (χ1v) is 8.27. The average Bonchev–Trinajstić information content (AvgIpc) is 2.69. The van der Waals surface area contributed by atoms with Crippen molar-refractivity contribution in [1.29, 1.82) is 0 Å². The number of halogens is 3. The van der Waals surface area contributed by atoms with Crippen LogP contribution in [0, 0.1) is 10.1 Å². The van der Waals surface area contributed by atoms with Crippen LogP contribution in [0.15, 0.2) is 42.5 Å². The molecule has 0 atom stereocenters. The van der Waals surface area contributed by atoms with E-state index in [0.29, 0.717) is 16.9 Å². The number of fused-ring (bicyclic) bond motifs is 1. The molecule has 1 heterocycles. The van der Waals surface area contributed by atoms with Gasteiger partial charge in [-0.25, -0.2) is 4.79 Å². The lowest BCUT2D eigenvalue weighted by atomic mass is 10.1. The highest BCUT2D eigenvalue weighted by Gasteiger charge is 2.30. The van der Waals surface area contributed by atoms with Gasteiger partial charge in [-0.05, 0) is 23.8 Å². The van der Waals surface area contributed by atoms with Gasteiger partial charge in [0, 0.05) is 29.3 Å². The molecule has 0 unspecified atom stereocenters. The number of nitro benzene ring substituents is 1. The largest absolute Gasteiger partial charge is 0.467 e. The zero-order valence-corrected chi connectivity index (χ0v) is 14.8. The summed E-state index contributed by atoms with van der Waals surface area (Å²) in [6.07, 6.45) is -2.33. The molecule has 0 N–H and O–H groups in total. The maximum absolute atomic E-state index is 12.7. The lowest BCUT2D eigenvalue weighted by molar-refractivity contribution is -0.385. The van der Waals surface area contributed by atoms with E-state index in [0.717, 1.165) is 18.2 Å². The number of ether oxygens (including phenoxy) is 3. The summed E-state index contributed by atoms with van der Waals surface area (Å²) < 4.78 is 53.6. The van der Waals surface area contributed by atoms with E-state index in [1.165, 1.54) is 30.3 Å². The fourth-order valence-corrected chi connectivity index (χ4v) is 2.67. The third kappa shape index (κ3) is 5.11. The zero-order chi connectivity index (χ0) is 21.0. The Balaban J connectivity index is 1.70. The van der Waals surface area contributed by atoms with Gasteiger partial charge < -0.3 is 14.2 Å². The average molecular weight is 409 g/mol. The molecular formula is C19H14F3NO6. The third-order valence-electron chi connectivity index (χ3n) is 3.98. The Morgan fingerprint density at radius 2 is 2.07 bits per heavy atom. The van der Waals surface area contributed by atoms with Crippen LogP contribution in [0.3, 0.4) is 0 Å². The van der Waals surface area contributed by atoms with Crippen LogP contribution in [0.1, 0.15) is 22.3 Å². The van der Waals surface area contributed by atoms with Gasteiger partial charge in [-0.15, -0.1) is 0 Å². The van der Waals surface area contributed by atoms with Crippen molar-refractivity contribution in [3.63, 3.8) is 0 Å². The Kier molecular flexibility index (Phi) is 5.83. The molecule has 0 fully saturated rings. The highest BCUT2D eigenvalue weighted by atomic mass is 19.4. The maximum Gasteiger partial charge on any atom is 0.416 e. The van der Waals surface area contributed by atoms with Crippen LogP contribution >= 0.6 is 0 Å². The fourth-order valence-electron chi connectivity index (χ4n) is 2.67. The number of alkyl halides is 3. The molecule has 0 saturated heterocycles. The molecule has 1 aliphatic rings. The van der Waals surface area contributed by atoms with Gasteiger partial charge in [0.25, 0.3) is 5.69 Å². The van der Waals surface area contributed by atoms with Crippen molar-refractivity contribution in [1.82, 2.24) is 0 Å². The first-order valence-electron chi connectivity index (χ1n) is 8.27. The van der Waals surface area contributed by atoms with Gasteiger partial charge in [-0.3, -0.25) is 10.1 Å². The molecular weight excluding hydrogens is 395 g/mol. The van der Waals surface area contributed by atoms with Crippen molar-refractivity contribution >= 4 is 17.7 Å². The van der Waals surface area contributed by atoms with Gasteiger partial charge in [0.05, 0.1) is 17.1 Å². The lowest BCUT2D eigenvalue weighted by Gasteiger charge is -2.20. The van der Waals surface area contributed by atoms with Crippen molar-refractivity contribution in [2.45, 2.75) is 19.4 Å². The predicted molar refractivity (Wildman–Crippen MR) is 93.7 cm³/mol. The highest BCUT2D eigenvalue weighted by molar-refractivity contribution is 5.87. The minimum absolute atomic E-state index is 0.0405. The molecule has 29 heavy (non-hydrogen) atoms. The van der Waals surface area contributed by atoms with E-state index < -0.39 is 22.6 Å². The Bertz CT molecular complexity index is 971. The summed E-state index contributed by atoms with van der Waals surface area (Å²) in [5.74, 6) is -0.480. The summed E-state index contributed by atoms with van der Waals surface area (Å²) in [6.45, 7) is -0.232. The molecule has 2 aromatic rings. The number of rotatable bonds is 5. The van der Waals surface area contributed by atoms with Crippen LogP contribution in [0.2, 0.25) is 0 Å². The van der Waals surface area contributed by atoms with Gasteiger partial charge >= 0.3 is 12.1 Å². The number of esters is 1. The number of hydrogen-bond acceptors (Lipinski definition) is 6. The normalized spacial score (nSPS) is 13.6. The van der Waals surface area contributed by atoms with Crippen LogP contribution in [0.4, 0.5) is 18.9 Å². The standard InChI is InChI=1S/C19H14F3NO6/c20-19(21,22)15-3-1-2-12(6-15)4-5-17(24)28-10-14-8-16(23(25)26)7-13-9-27-11-29-18(13)14/h1-8H,9-11H2/b5-4+. The van der Waals surface area contributed by atoms with Crippen LogP contribution in [-0.2, 0) is 33.7 Å². The SMILES string of the molecule is O=C(/C=C/c1cccc(C(F)(F)F)c1)OCc1cc([N+](=O)[O-])cc2c1OCOC2. The molecule has 0 spiro atoms. The Morgan fingerprint density at radius 1 is 1.28 bits per heavy atom. The van der Waals surface area contributed by atoms with Gasteiger partial charge in [0.1, 0.15) is 12.4 Å². The van der Waals surface area contributed by atoms with Crippen LogP contribution < -0.4 is 4.74 Å². The first-order chi connectivity index (χ1) is 13.7. The predicted octanol–water partition coefficient (Wildman–Crippen LogP) is 4.24. The molecule has 0 radical (unpaired) electrons. The number of carbonyl (C=O) groups is 1. The van der Waals surface area contributed by atoms with Crippen LogP contribution in [0.5, 0.6) is 5.75 Å². The summed E-state index contributed by atoms with van der Waals surface area (Å²) >= 11 is 0. The van der Waals surface area contributed by atoms with Crippen molar-refractivity contribution in [2.75, 3.05) is 6.79 Å². The van der Waals surface area contributed by atoms with E-state index in [-0.39, 0.29) is 31.3 Å². The van der Waals surface area contributed by atoms with E-state index >= 15 is 0 Å². The maximum atomic E-state index is 12.7. The molecule has 0 amide bonds. The summed E-state index contributed by atoms with van der Waals surface area (Å²) in [6, 6.07) is 6.99. The molecule has 152 valence electrons. The number of non-ortho nitro benzene ring substituents is 1. The number of hydrogen-bond donors (Lipinski definition) is 0. The van der Waals surface area contributed by atoms with Crippen molar-refractivity contribution in [3.05, 3.63) is 74.8 Å². The topological polar surface area (TPSA) is 87.9 Å². The number of benzene rings is 2. The summed E-state index contributed by atoms with van der Waals surface area (Å²) in [5, 5.41) is 11.1. The second kappa shape index (κ2) is 8.31. The minimum Gasteiger partial charge on any atom is -0.467 e.